The Morgan fingerprint density at radius 1 is 0.727 bits per heavy atom. The van der Waals surface area contributed by atoms with Gasteiger partial charge in [0, 0.05) is 0 Å². The lowest BCUT2D eigenvalue weighted by Gasteiger charge is -2.19. The molecule has 0 amide bonds. The largest absolute Gasteiger partial charge is 0.496 e. The summed E-state index contributed by atoms with van der Waals surface area (Å²) >= 11 is 0. The van der Waals surface area contributed by atoms with Crippen molar-refractivity contribution in [1.82, 2.24) is 0 Å². The van der Waals surface area contributed by atoms with E-state index in [4.69, 9.17) is 9.47 Å². The van der Waals surface area contributed by atoms with E-state index in [-0.39, 0.29) is 6.10 Å². The maximum Gasteiger partial charge on any atom is 0.121 e. The molecule has 0 spiro atoms. The topological polar surface area (TPSA) is 18.5 Å². The molecule has 0 saturated carbocycles. The SMILES string of the molecule is C1=COC(COCc2ccccc2)CC1.C=Cc1ccc(C=C)cc1.C=Cc1ccccc1. The summed E-state index contributed by atoms with van der Waals surface area (Å²) < 4.78 is 11.0. The maximum atomic E-state index is 5.60. The summed E-state index contributed by atoms with van der Waals surface area (Å²) in [6, 6.07) is 28.3. The lowest BCUT2D eigenvalue weighted by atomic mass is 10.1. The quantitative estimate of drug-likeness (QED) is 0.370. The van der Waals surface area contributed by atoms with Crippen molar-refractivity contribution in [2.75, 3.05) is 6.61 Å². The Morgan fingerprint density at radius 3 is 1.70 bits per heavy atom. The van der Waals surface area contributed by atoms with Crippen LogP contribution in [0.1, 0.15) is 35.1 Å². The third-order valence-corrected chi connectivity index (χ3v) is 4.88. The Labute approximate surface area is 199 Å². The van der Waals surface area contributed by atoms with Gasteiger partial charge >= 0.3 is 0 Å². The highest BCUT2D eigenvalue weighted by Crippen LogP contribution is 2.11. The van der Waals surface area contributed by atoms with Crippen molar-refractivity contribution in [3.05, 3.63) is 139 Å². The van der Waals surface area contributed by atoms with E-state index in [0.29, 0.717) is 13.2 Å². The minimum atomic E-state index is 0.235. The van der Waals surface area contributed by atoms with Crippen LogP contribution < -0.4 is 0 Å². The number of allylic oxidation sites excluding steroid dienone is 1. The average Bonchev–Trinajstić information content (AvgIpc) is 2.91. The van der Waals surface area contributed by atoms with Crippen molar-refractivity contribution in [3.8, 4) is 0 Å². The highest BCUT2D eigenvalue weighted by Gasteiger charge is 2.10. The standard InChI is InChI=1S/C13H16O2.C10H10.C8H8/c1-2-6-12(7-3-1)10-14-11-13-8-4-5-9-15-13;1-3-9-5-7-10(4-2)8-6-9;1-2-8-6-4-3-5-7-8/h1-3,5-7,9,13H,4,8,10-11H2;3-8H,1-2H2;2-7H,1H2. The predicted octanol–water partition coefficient (Wildman–Crippen LogP) is 8.20. The Morgan fingerprint density at radius 2 is 1.24 bits per heavy atom. The first kappa shape index (κ1) is 25.6. The van der Waals surface area contributed by atoms with Crippen LogP contribution in [-0.4, -0.2) is 12.7 Å². The fraction of sp³-hybridized carbons (Fsp3) is 0.161. The second-order valence-corrected chi connectivity index (χ2v) is 7.40. The molecule has 2 heteroatoms. The minimum Gasteiger partial charge on any atom is -0.496 e. The first-order chi connectivity index (χ1) is 16.2. The Balaban J connectivity index is 0.000000186. The molecule has 2 nitrogen and oxygen atoms in total. The van der Waals surface area contributed by atoms with E-state index >= 15 is 0 Å². The summed E-state index contributed by atoms with van der Waals surface area (Å²) in [7, 11) is 0. The van der Waals surface area contributed by atoms with Crippen molar-refractivity contribution in [1.29, 1.82) is 0 Å². The highest BCUT2D eigenvalue weighted by atomic mass is 16.5. The smallest absolute Gasteiger partial charge is 0.121 e. The molecular formula is C31H34O2. The van der Waals surface area contributed by atoms with Crippen molar-refractivity contribution >= 4 is 18.2 Å². The van der Waals surface area contributed by atoms with Gasteiger partial charge in [-0.05, 0) is 41.2 Å². The highest BCUT2D eigenvalue weighted by molar-refractivity contribution is 5.53. The van der Waals surface area contributed by atoms with Crippen molar-refractivity contribution in [2.45, 2.75) is 25.6 Å². The zero-order valence-corrected chi connectivity index (χ0v) is 19.3. The van der Waals surface area contributed by atoms with Gasteiger partial charge in [0.05, 0.1) is 19.5 Å². The van der Waals surface area contributed by atoms with Crippen LogP contribution in [-0.2, 0) is 16.1 Å². The summed E-state index contributed by atoms with van der Waals surface area (Å²) in [5.41, 5.74) is 4.67. The molecule has 0 saturated heterocycles. The molecule has 0 N–H and O–H groups in total. The Kier molecular flexibility index (Phi) is 12.5. The monoisotopic (exact) mass is 438 g/mol. The second kappa shape index (κ2) is 16.1. The summed E-state index contributed by atoms with van der Waals surface area (Å²) in [4.78, 5) is 0. The van der Waals surface area contributed by atoms with Gasteiger partial charge in [-0.1, -0.05) is 123 Å². The molecule has 0 fully saturated rings. The van der Waals surface area contributed by atoms with E-state index in [0.717, 1.165) is 24.0 Å². The van der Waals surface area contributed by atoms with Gasteiger partial charge in [-0.25, -0.2) is 0 Å². The van der Waals surface area contributed by atoms with Gasteiger partial charge in [-0.3, -0.25) is 0 Å². The van der Waals surface area contributed by atoms with E-state index in [1.807, 2.05) is 97.1 Å². The minimum absolute atomic E-state index is 0.235. The molecule has 0 aliphatic carbocycles. The van der Waals surface area contributed by atoms with E-state index in [1.165, 1.54) is 11.1 Å². The van der Waals surface area contributed by atoms with Crippen LogP contribution in [0.4, 0.5) is 0 Å². The molecule has 0 aromatic heterocycles. The first-order valence-electron chi connectivity index (χ1n) is 11.2. The molecule has 1 unspecified atom stereocenters. The fourth-order valence-corrected chi connectivity index (χ4v) is 2.95. The average molecular weight is 439 g/mol. The summed E-state index contributed by atoms with van der Waals surface area (Å²) in [6.45, 7) is 12.3. The number of hydrogen-bond acceptors (Lipinski definition) is 2. The summed E-state index contributed by atoms with van der Waals surface area (Å²) in [5, 5.41) is 0. The third-order valence-electron chi connectivity index (χ3n) is 4.88. The Bertz CT molecular complexity index is 930. The maximum absolute atomic E-state index is 5.60. The van der Waals surface area contributed by atoms with Gasteiger partial charge in [0.2, 0.25) is 0 Å². The van der Waals surface area contributed by atoms with Crippen LogP contribution in [0.2, 0.25) is 0 Å². The van der Waals surface area contributed by atoms with Gasteiger partial charge in [0.15, 0.2) is 0 Å². The van der Waals surface area contributed by atoms with Gasteiger partial charge in [-0.15, -0.1) is 0 Å². The van der Waals surface area contributed by atoms with Gasteiger partial charge in [0.25, 0.3) is 0 Å². The molecule has 1 aliphatic heterocycles. The number of rotatable bonds is 7. The molecule has 33 heavy (non-hydrogen) atoms. The fourth-order valence-electron chi connectivity index (χ4n) is 2.95. The molecule has 0 bridgehead atoms. The van der Waals surface area contributed by atoms with Crippen LogP contribution in [0.25, 0.3) is 18.2 Å². The van der Waals surface area contributed by atoms with E-state index in [1.54, 1.807) is 6.26 Å². The van der Waals surface area contributed by atoms with Crippen LogP contribution in [0.3, 0.4) is 0 Å². The first-order valence-corrected chi connectivity index (χ1v) is 11.2. The summed E-state index contributed by atoms with van der Waals surface area (Å²) in [6.07, 6.45) is 11.7. The molecule has 0 radical (unpaired) electrons. The number of ether oxygens (including phenoxy) is 2. The van der Waals surface area contributed by atoms with E-state index < -0.39 is 0 Å². The van der Waals surface area contributed by atoms with Gasteiger partial charge in [-0.2, -0.15) is 0 Å². The van der Waals surface area contributed by atoms with Gasteiger partial charge in [0.1, 0.15) is 6.10 Å². The lowest BCUT2D eigenvalue weighted by molar-refractivity contribution is 0.0109. The molecule has 4 rings (SSSR count). The van der Waals surface area contributed by atoms with Crippen molar-refractivity contribution < 1.29 is 9.47 Å². The number of hydrogen-bond donors (Lipinski definition) is 0. The predicted molar refractivity (Wildman–Crippen MR) is 143 cm³/mol. The van der Waals surface area contributed by atoms with Crippen LogP contribution in [0.5, 0.6) is 0 Å². The van der Waals surface area contributed by atoms with Crippen molar-refractivity contribution in [3.63, 3.8) is 0 Å². The zero-order valence-electron chi connectivity index (χ0n) is 19.3. The zero-order chi connectivity index (χ0) is 23.6. The van der Waals surface area contributed by atoms with E-state index in [9.17, 15) is 0 Å². The summed E-state index contributed by atoms with van der Waals surface area (Å²) in [5.74, 6) is 0. The van der Waals surface area contributed by atoms with Crippen molar-refractivity contribution in [2.24, 2.45) is 0 Å². The molecule has 1 aliphatic rings. The van der Waals surface area contributed by atoms with Crippen LogP contribution >= 0.6 is 0 Å². The van der Waals surface area contributed by atoms with Crippen LogP contribution in [0, 0.1) is 0 Å². The van der Waals surface area contributed by atoms with Crippen LogP contribution in [0.15, 0.2) is 117 Å². The molecule has 3 aromatic carbocycles. The second-order valence-electron chi connectivity index (χ2n) is 7.40. The number of benzene rings is 3. The normalized spacial score (nSPS) is 13.8. The third kappa shape index (κ3) is 11.0. The molecule has 1 heterocycles. The molecule has 170 valence electrons. The molecule has 1 atom stereocenters. The molecule has 3 aromatic rings. The van der Waals surface area contributed by atoms with E-state index in [2.05, 4.69) is 31.9 Å². The Hall–Kier alpha value is -3.62. The lowest BCUT2D eigenvalue weighted by Crippen LogP contribution is -2.19. The van der Waals surface area contributed by atoms with Gasteiger partial charge < -0.3 is 9.47 Å². The molecular weight excluding hydrogens is 404 g/mol.